The zero-order valence-corrected chi connectivity index (χ0v) is 6.20. The predicted molar refractivity (Wildman–Crippen MR) is 44.1 cm³/mol. The third kappa shape index (κ3) is 1.40. The maximum absolute atomic E-state index is 3.96. The average Bonchev–Trinajstić information content (AvgIpc) is 2.60. The van der Waals surface area contributed by atoms with E-state index in [4.69, 9.17) is 0 Å². The monoisotopic (exact) mass is 146 g/mol. The van der Waals surface area contributed by atoms with E-state index in [9.17, 15) is 0 Å². The van der Waals surface area contributed by atoms with Crippen LogP contribution < -0.4 is 0 Å². The molecule has 1 N–H and O–H groups in total. The topological polar surface area (TPSA) is 28.7 Å². The summed E-state index contributed by atoms with van der Waals surface area (Å²) in [6.45, 7) is 0. The summed E-state index contributed by atoms with van der Waals surface area (Å²) in [4.78, 5) is 7.05. The van der Waals surface area contributed by atoms with Gasteiger partial charge in [0.1, 0.15) is 0 Å². The molecule has 1 aliphatic carbocycles. The van der Waals surface area contributed by atoms with E-state index in [0.29, 0.717) is 5.92 Å². The molecule has 0 atom stereocenters. The van der Waals surface area contributed by atoms with Crippen molar-refractivity contribution >= 4 is 0 Å². The van der Waals surface area contributed by atoms with Crippen LogP contribution in [0.4, 0.5) is 0 Å². The van der Waals surface area contributed by atoms with Gasteiger partial charge in [0, 0.05) is 17.8 Å². The first-order chi connectivity index (χ1) is 5.45. The van der Waals surface area contributed by atoms with Crippen LogP contribution in [-0.4, -0.2) is 9.97 Å². The van der Waals surface area contributed by atoms with E-state index >= 15 is 0 Å². The zero-order chi connectivity index (χ0) is 7.52. The molecule has 1 heterocycles. The highest BCUT2D eigenvalue weighted by atomic mass is 14.9. The van der Waals surface area contributed by atoms with Crippen LogP contribution >= 0.6 is 0 Å². The standard InChI is InChI=1S/C9H10N2/c1-2-4-8(3-1)5-9-6-10-7-11-9/h1-4,6-8H,5H2,(H,10,11). The Morgan fingerprint density at radius 2 is 2.18 bits per heavy atom. The highest BCUT2D eigenvalue weighted by Gasteiger charge is 2.04. The first-order valence-electron chi connectivity index (χ1n) is 3.77. The molecule has 0 radical (unpaired) electrons. The molecule has 2 rings (SSSR count). The summed E-state index contributed by atoms with van der Waals surface area (Å²) in [5, 5.41) is 0. The molecule has 0 aromatic carbocycles. The molecule has 0 unspecified atom stereocenters. The highest BCUT2D eigenvalue weighted by molar-refractivity contribution is 5.19. The molecular formula is C9H10N2. The number of imidazole rings is 1. The maximum atomic E-state index is 3.96. The summed E-state index contributed by atoms with van der Waals surface area (Å²) in [6.07, 6.45) is 13.2. The minimum atomic E-state index is 0.565. The average molecular weight is 146 g/mol. The minimum absolute atomic E-state index is 0.565. The quantitative estimate of drug-likeness (QED) is 0.675. The van der Waals surface area contributed by atoms with Gasteiger partial charge in [-0.3, -0.25) is 0 Å². The molecule has 0 aliphatic heterocycles. The number of aromatic nitrogens is 2. The van der Waals surface area contributed by atoms with E-state index in [0.717, 1.165) is 6.42 Å². The van der Waals surface area contributed by atoms with Crippen LogP contribution in [0, 0.1) is 5.92 Å². The number of aromatic amines is 1. The van der Waals surface area contributed by atoms with E-state index < -0.39 is 0 Å². The second kappa shape index (κ2) is 2.74. The van der Waals surface area contributed by atoms with Crippen LogP contribution in [0.15, 0.2) is 36.8 Å². The van der Waals surface area contributed by atoms with Crippen molar-refractivity contribution in [3.05, 3.63) is 42.5 Å². The number of nitrogens with one attached hydrogen (secondary N) is 1. The van der Waals surface area contributed by atoms with Crippen molar-refractivity contribution in [2.45, 2.75) is 6.42 Å². The first-order valence-corrected chi connectivity index (χ1v) is 3.77. The van der Waals surface area contributed by atoms with Gasteiger partial charge in [0.05, 0.1) is 6.33 Å². The van der Waals surface area contributed by atoms with Crippen molar-refractivity contribution in [2.75, 3.05) is 0 Å². The van der Waals surface area contributed by atoms with Gasteiger partial charge in [-0.2, -0.15) is 0 Å². The molecule has 2 nitrogen and oxygen atoms in total. The zero-order valence-electron chi connectivity index (χ0n) is 6.20. The van der Waals surface area contributed by atoms with Crippen molar-refractivity contribution in [1.29, 1.82) is 0 Å². The number of hydrogen-bond donors (Lipinski definition) is 1. The molecule has 0 saturated heterocycles. The molecule has 1 aromatic heterocycles. The van der Waals surface area contributed by atoms with Crippen LogP contribution in [0.25, 0.3) is 0 Å². The summed E-state index contributed by atoms with van der Waals surface area (Å²) in [7, 11) is 0. The largest absolute Gasteiger partial charge is 0.348 e. The number of nitrogens with zero attached hydrogens (tertiary/aromatic N) is 1. The number of H-pyrrole nitrogens is 1. The Balaban J connectivity index is 2.01. The Hall–Kier alpha value is -1.31. The van der Waals surface area contributed by atoms with Crippen LogP contribution in [-0.2, 0) is 6.42 Å². The second-order valence-electron chi connectivity index (χ2n) is 2.71. The van der Waals surface area contributed by atoms with Crippen LogP contribution in [0.2, 0.25) is 0 Å². The van der Waals surface area contributed by atoms with Gasteiger partial charge in [0.25, 0.3) is 0 Å². The van der Waals surface area contributed by atoms with Crippen molar-refractivity contribution in [3.63, 3.8) is 0 Å². The van der Waals surface area contributed by atoms with Gasteiger partial charge in [-0.05, 0) is 6.42 Å². The summed E-state index contributed by atoms with van der Waals surface area (Å²) < 4.78 is 0. The Kier molecular flexibility index (Phi) is 1.60. The maximum Gasteiger partial charge on any atom is 0.0921 e. The smallest absolute Gasteiger partial charge is 0.0921 e. The summed E-state index contributed by atoms with van der Waals surface area (Å²) in [6, 6.07) is 0. The fourth-order valence-electron chi connectivity index (χ4n) is 1.26. The molecule has 0 amide bonds. The third-order valence-corrected chi connectivity index (χ3v) is 1.84. The van der Waals surface area contributed by atoms with Crippen LogP contribution in [0.5, 0.6) is 0 Å². The fraction of sp³-hybridized carbons (Fsp3) is 0.222. The van der Waals surface area contributed by atoms with E-state index in [-0.39, 0.29) is 0 Å². The molecule has 1 aromatic rings. The first kappa shape index (κ1) is 6.40. The van der Waals surface area contributed by atoms with Gasteiger partial charge in [0.2, 0.25) is 0 Å². The van der Waals surface area contributed by atoms with Gasteiger partial charge in [-0.1, -0.05) is 24.3 Å². The fourth-order valence-corrected chi connectivity index (χ4v) is 1.26. The molecule has 1 aliphatic rings. The van der Waals surface area contributed by atoms with Crippen molar-refractivity contribution in [1.82, 2.24) is 9.97 Å². The van der Waals surface area contributed by atoms with Gasteiger partial charge in [-0.25, -0.2) is 4.98 Å². The summed E-state index contributed by atoms with van der Waals surface area (Å²) in [5.74, 6) is 0.565. The van der Waals surface area contributed by atoms with Gasteiger partial charge >= 0.3 is 0 Å². The molecule has 0 spiro atoms. The number of allylic oxidation sites excluding steroid dienone is 4. The summed E-state index contributed by atoms with van der Waals surface area (Å²) in [5.41, 5.74) is 1.20. The summed E-state index contributed by atoms with van der Waals surface area (Å²) >= 11 is 0. The number of hydrogen-bond acceptors (Lipinski definition) is 1. The van der Waals surface area contributed by atoms with Gasteiger partial charge < -0.3 is 4.98 Å². The Bertz CT molecular complexity index is 258. The van der Waals surface area contributed by atoms with Crippen LogP contribution in [0.1, 0.15) is 5.69 Å². The molecule has 0 fully saturated rings. The Morgan fingerprint density at radius 1 is 1.36 bits per heavy atom. The molecule has 56 valence electrons. The molecular weight excluding hydrogens is 136 g/mol. The third-order valence-electron chi connectivity index (χ3n) is 1.84. The van der Waals surface area contributed by atoms with E-state index in [1.165, 1.54) is 5.69 Å². The predicted octanol–water partition coefficient (Wildman–Crippen LogP) is 1.69. The van der Waals surface area contributed by atoms with Gasteiger partial charge in [-0.15, -0.1) is 0 Å². The van der Waals surface area contributed by atoms with Crippen LogP contribution in [0.3, 0.4) is 0 Å². The second-order valence-corrected chi connectivity index (χ2v) is 2.71. The molecule has 0 saturated carbocycles. The molecule has 0 bridgehead atoms. The van der Waals surface area contributed by atoms with Crippen molar-refractivity contribution < 1.29 is 0 Å². The Morgan fingerprint density at radius 3 is 2.82 bits per heavy atom. The van der Waals surface area contributed by atoms with E-state index in [1.807, 2.05) is 6.20 Å². The highest BCUT2D eigenvalue weighted by Crippen LogP contribution is 2.13. The lowest BCUT2D eigenvalue weighted by Gasteiger charge is -2.00. The van der Waals surface area contributed by atoms with E-state index in [1.54, 1.807) is 6.33 Å². The normalized spacial score (nSPS) is 16.4. The van der Waals surface area contributed by atoms with E-state index in [2.05, 4.69) is 34.3 Å². The lowest BCUT2D eigenvalue weighted by Crippen LogP contribution is -1.95. The van der Waals surface area contributed by atoms with Crippen molar-refractivity contribution in [3.8, 4) is 0 Å². The molecule has 2 heteroatoms. The SMILES string of the molecule is C1=CC(Cc2cnc[nH]2)C=C1. The Labute approximate surface area is 65.7 Å². The number of rotatable bonds is 2. The lowest BCUT2D eigenvalue weighted by molar-refractivity contribution is 0.796. The van der Waals surface area contributed by atoms with Crippen molar-refractivity contribution in [2.24, 2.45) is 5.92 Å². The molecule has 11 heavy (non-hydrogen) atoms. The van der Waals surface area contributed by atoms with Gasteiger partial charge in [0.15, 0.2) is 0 Å². The minimum Gasteiger partial charge on any atom is -0.348 e. The lowest BCUT2D eigenvalue weighted by atomic mass is 10.1.